The van der Waals surface area contributed by atoms with Gasteiger partial charge in [0.2, 0.25) is 0 Å². The number of carbonyl (C=O) groups excluding carboxylic acids is 1. The average Bonchev–Trinajstić information content (AvgIpc) is 2.97. The lowest BCUT2D eigenvalue weighted by Gasteiger charge is -2.42. The van der Waals surface area contributed by atoms with Gasteiger partial charge in [0.05, 0.1) is 19.3 Å². The van der Waals surface area contributed by atoms with Gasteiger partial charge in [-0.2, -0.15) is 0 Å². The Balaban J connectivity index is 2.10. The Labute approximate surface area is 163 Å². The van der Waals surface area contributed by atoms with Crippen molar-refractivity contribution in [2.45, 2.75) is 60.7 Å². The lowest BCUT2D eigenvalue weighted by molar-refractivity contribution is -0.169. The van der Waals surface area contributed by atoms with Crippen LogP contribution in [0.4, 0.5) is 0 Å². The highest BCUT2D eigenvalue weighted by atomic mass is 16.5. The molecule has 27 heavy (non-hydrogen) atoms. The molecule has 1 aromatic rings. The minimum Gasteiger partial charge on any atom is -0.465 e. The van der Waals surface area contributed by atoms with Crippen LogP contribution in [0, 0.1) is 16.2 Å². The van der Waals surface area contributed by atoms with E-state index in [1.807, 2.05) is 25.1 Å². The van der Waals surface area contributed by atoms with Crippen LogP contribution in [0.1, 0.15) is 53.5 Å². The molecule has 3 nitrogen and oxygen atoms in total. The Bertz CT molecular complexity index is 770. The monoisotopic (exact) mass is 368 g/mol. The molecule has 2 aliphatic rings. The van der Waals surface area contributed by atoms with Gasteiger partial charge in [-0.15, -0.1) is 0 Å². The maximum atomic E-state index is 13.5. The average molecular weight is 369 g/mol. The zero-order chi connectivity index (χ0) is 19.9. The topological polar surface area (TPSA) is 35.5 Å². The molecular weight excluding hydrogens is 336 g/mol. The number of esters is 1. The molecule has 0 heterocycles. The summed E-state index contributed by atoms with van der Waals surface area (Å²) in [6.45, 7) is 13.5. The van der Waals surface area contributed by atoms with Crippen molar-refractivity contribution in [3.8, 4) is 0 Å². The minimum absolute atomic E-state index is 0.151. The zero-order valence-electron chi connectivity index (χ0n) is 17.5. The highest BCUT2D eigenvalue weighted by Gasteiger charge is 2.72. The summed E-state index contributed by atoms with van der Waals surface area (Å²) in [5.74, 6) is -0.155. The van der Waals surface area contributed by atoms with E-state index in [9.17, 15) is 4.79 Å². The number of ether oxygens (including phenoxy) is 2. The third-order valence-corrected chi connectivity index (χ3v) is 6.27. The molecule has 2 aliphatic carbocycles. The van der Waals surface area contributed by atoms with E-state index in [1.165, 1.54) is 0 Å². The van der Waals surface area contributed by atoms with Crippen LogP contribution in [0.5, 0.6) is 0 Å². The summed E-state index contributed by atoms with van der Waals surface area (Å²) >= 11 is 0. The second-order valence-corrected chi connectivity index (χ2v) is 9.03. The van der Waals surface area contributed by atoms with E-state index in [-0.39, 0.29) is 22.9 Å². The summed E-state index contributed by atoms with van der Waals surface area (Å²) in [6.07, 6.45) is 4.96. The van der Waals surface area contributed by atoms with Gasteiger partial charge in [0.25, 0.3) is 0 Å². The largest absolute Gasteiger partial charge is 0.465 e. The van der Waals surface area contributed by atoms with Crippen LogP contribution in [0.3, 0.4) is 0 Å². The van der Waals surface area contributed by atoms with E-state index in [1.54, 1.807) is 0 Å². The third-order valence-electron chi connectivity index (χ3n) is 6.27. The summed E-state index contributed by atoms with van der Waals surface area (Å²) < 4.78 is 12.2. The number of hydrogen-bond acceptors (Lipinski definition) is 3. The Hall–Kier alpha value is -1.87. The molecule has 0 saturated heterocycles. The molecular formula is C24H32O3. The maximum Gasteiger partial charge on any atom is 0.320 e. The Morgan fingerprint density at radius 3 is 2.41 bits per heavy atom. The molecule has 1 aromatic carbocycles. The molecule has 0 amide bonds. The van der Waals surface area contributed by atoms with Gasteiger partial charge in [-0.3, -0.25) is 4.79 Å². The van der Waals surface area contributed by atoms with Gasteiger partial charge in [-0.1, -0.05) is 68.8 Å². The lowest BCUT2D eigenvalue weighted by Crippen LogP contribution is -2.51. The summed E-state index contributed by atoms with van der Waals surface area (Å²) in [7, 11) is 0. The number of allylic oxidation sites excluding steroid dienone is 3. The molecule has 3 atom stereocenters. The van der Waals surface area contributed by atoms with Gasteiger partial charge >= 0.3 is 5.97 Å². The van der Waals surface area contributed by atoms with Gasteiger partial charge in [-0.05, 0) is 43.7 Å². The van der Waals surface area contributed by atoms with Gasteiger partial charge in [-0.25, -0.2) is 0 Å². The summed E-state index contributed by atoms with van der Waals surface area (Å²) in [6, 6.07) is 10.2. The van der Waals surface area contributed by atoms with Crippen molar-refractivity contribution < 1.29 is 14.3 Å². The third kappa shape index (κ3) is 2.97. The Kier molecular flexibility index (Phi) is 5.11. The molecule has 3 heteroatoms. The van der Waals surface area contributed by atoms with Crippen molar-refractivity contribution >= 4 is 5.97 Å². The van der Waals surface area contributed by atoms with E-state index >= 15 is 0 Å². The van der Waals surface area contributed by atoms with Gasteiger partial charge in [0.15, 0.2) is 0 Å². The maximum absolute atomic E-state index is 13.5. The first kappa shape index (κ1) is 19.9. The first-order chi connectivity index (χ1) is 12.7. The quantitative estimate of drug-likeness (QED) is 0.647. The second-order valence-electron chi connectivity index (χ2n) is 9.03. The normalized spacial score (nSPS) is 31.0. The molecule has 1 saturated carbocycles. The molecule has 0 spiro atoms. The fraction of sp³-hybridized carbons (Fsp3) is 0.542. The lowest BCUT2D eigenvalue weighted by atomic mass is 9.64. The standard InChI is InChI=1S/C24H32O3/c1-7-26-21(25)24-19(17(2)3)13-14-23(24,6)16-22(4,5)20(24)27-15-18-11-9-8-10-12-18/h8-14,20H,7,15-16H2,1-6H3/t20-,23+,24-/m1/s1. The van der Waals surface area contributed by atoms with E-state index in [2.05, 4.69) is 58.9 Å². The van der Waals surface area contributed by atoms with Crippen molar-refractivity contribution in [2.75, 3.05) is 6.61 Å². The first-order valence-corrected chi connectivity index (χ1v) is 9.89. The van der Waals surface area contributed by atoms with Gasteiger partial charge in [0.1, 0.15) is 5.41 Å². The van der Waals surface area contributed by atoms with E-state index in [4.69, 9.17) is 9.47 Å². The van der Waals surface area contributed by atoms with Crippen molar-refractivity contribution in [1.82, 2.24) is 0 Å². The van der Waals surface area contributed by atoms with Crippen LogP contribution >= 0.6 is 0 Å². The van der Waals surface area contributed by atoms with Crippen molar-refractivity contribution in [3.05, 3.63) is 59.2 Å². The molecule has 0 bridgehead atoms. The second kappa shape index (κ2) is 6.94. The molecule has 0 unspecified atom stereocenters. The predicted molar refractivity (Wildman–Crippen MR) is 108 cm³/mol. The summed E-state index contributed by atoms with van der Waals surface area (Å²) in [5, 5.41) is 0. The summed E-state index contributed by atoms with van der Waals surface area (Å²) in [5.41, 5.74) is 2.07. The van der Waals surface area contributed by atoms with Crippen LogP contribution in [0.25, 0.3) is 0 Å². The smallest absolute Gasteiger partial charge is 0.320 e. The number of fused-ring (bicyclic) bond motifs is 1. The molecule has 0 radical (unpaired) electrons. The molecule has 0 aromatic heterocycles. The molecule has 3 rings (SSSR count). The van der Waals surface area contributed by atoms with E-state index in [0.29, 0.717) is 13.2 Å². The van der Waals surface area contributed by atoms with Crippen molar-refractivity contribution in [2.24, 2.45) is 16.2 Å². The predicted octanol–water partition coefficient (Wildman–Crippen LogP) is 5.46. The Morgan fingerprint density at radius 1 is 1.15 bits per heavy atom. The number of rotatable bonds is 5. The van der Waals surface area contributed by atoms with E-state index < -0.39 is 5.41 Å². The highest BCUT2D eigenvalue weighted by molar-refractivity contribution is 5.87. The van der Waals surface area contributed by atoms with Crippen LogP contribution in [-0.4, -0.2) is 18.7 Å². The van der Waals surface area contributed by atoms with Crippen molar-refractivity contribution in [1.29, 1.82) is 0 Å². The number of hydrogen-bond donors (Lipinski definition) is 0. The number of carbonyl (C=O) groups is 1. The number of benzene rings is 1. The van der Waals surface area contributed by atoms with Crippen LogP contribution < -0.4 is 0 Å². The van der Waals surface area contributed by atoms with Crippen LogP contribution in [0.15, 0.2) is 53.6 Å². The Morgan fingerprint density at radius 2 is 1.81 bits per heavy atom. The molecule has 146 valence electrons. The fourth-order valence-electron chi connectivity index (χ4n) is 5.46. The van der Waals surface area contributed by atoms with Crippen molar-refractivity contribution in [3.63, 3.8) is 0 Å². The SMILES string of the molecule is CCOC(=O)[C@]12C(=C(C)C)C=C[C@@]1(C)CC(C)(C)[C@H]2OCc1ccccc1. The highest BCUT2D eigenvalue weighted by Crippen LogP contribution is 2.69. The molecule has 0 N–H and O–H groups in total. The van der Waals surface area contributed by atoms with E-state index in [0.717, 1.165) is 23.1 Å². The fourth-order valence-corrected chi connectivity index (χ4v) is 5.46. The first-order valence-electron chi connectivity index (χ1n) is 9.89. The summed E-state index contributed by atoms with van der Waals surface area (Å²) in [4.78, 5) is 13.5. The van der Waals surface area contributed by atoms with Crippen LogP contribution in [-0.2, 0) is 20.9 Å². The van der Waals surface area contributed by atoms with Gasteiger partial charge in [0, 0.05) is 5.41 Å². The minimum atomic E-state index is -0.792. The van der Waals surface area contributed by atoms with Crippen LogP contribution in [0.2, 0.25) is 0 Å². The molecule has 0 aliphatic heterocycles. The molecule has 1 fully saturated rings. The van der Waals surface area contributed by atoms with Gasteiger partial charge < -0.3 is 9.47 Å². The zero-order valence-corrected chi connectivity index (χ0v) is 17.5.